The molecular weight excluding hydrogens is 190 g/mol. The Labute approximate surface area is 80.5 Å². The van der Waals surface area contributed by atoms with Crippen LogP contribution in [0.1, 0.15) is 5.56 Å². The Morgan fingerprint density at radius 2 is 2.23 bits per heavy atom. The van der Waals surface area contributed by atoms with E-state index in [2.05, 4.69) is 0 Å². The van der Waals surface area contributed by atoms with Crippen molar-refractivity contribution in [3.05, 3.63) is 29.8 Å². The molecule has 0 aliphatic rings. The average molecular weight is 196 g/mol. The van der Waals surface area contributed by atoms with Gasteiger partial charge in [-0.3, -0.25) is 4.79 Å². The molecular formula is C9H6ClNO2. The Bertz CT molecular complexity index is 357. The van der Waals surface area contributed by atoms with Gasteiger partial charge in [0.05, 0.1) is 5.56 Å². The van der Waals surface area contributed by atoms with E-state index in [-0.39, 0.29) is 6.61 Å². The van der Waals surface area contributed by atoms with Gasteiger partial charge in [0.1, 0.15) is 11.8 Å². The second-order valence-corrected chi connectivity index (χ2v) is 2.67. The van der Waals surface area contributed by atoms with Gasteiger partial charge in [0.15, 0.2) is 6.61 Å². The van der Waals surface area contributed by atoms with Gasteiger partial charge in [0, 0.05) is 0 Å². The third kappa shape index (κ3) is 2.77. The number of hydrogen-bond donors (Lipinski definition) is 0. The van der Waals surface area contributed by atoms with Crippen molar-refractivity contribution in [2.24, 2.45) is 0 Å². The lowest BCUT2D eigenvalue weighted by Gasteiger charge is -2.03. The van der Waals surface area contributed by atoms with Crippen LogP contribution >= 0.6 is 11.6 Å². The van der Waals surface area contributed by atoms with Gasteiger partial charge >= 0.3 is 0 Å². The van der Waals surface area contributed by atoms with Gasteiger partial charge in [-0.25, -0.2) is 0 Å². The lowest BCUT2D eigenvalue weighted by molar-refractivity contribution is -0.113. The number of hydrogen-bond acceptors (Lipinski definition) is 3. The monoisotopic (exact) mass is 195 g/mol. The van der Waals surface area contributed by atoms with E-state index in [0.717, 1.165) is 0 Å². The molecule has 0 radical (unpaired) electrons. The van der Waals surface area contributed by atoms with E-state index in [1.165, 1.54) is 0 Å². The average Bonchev–Trinajstić information content (AvgIpc) is 2.15. The van der Waals surface area contributed by atoms with E-state index in [4.69, 9.17) is 21.6 Å². The number of nitriles is 1. The zero-order valence-electron chi connectivity index (χ0n) is 6.66. The zero-order valence-corrected chi connectivity index (χ0v) is 7.41. The summed E-state index contributed by atoms with van der Waals surface area (Å²) in [5, 5.41) is 8.05. The van der Waals surface area contributed by atoms with Crippen molar-refractivity contribution in [2.45, 2.75) is 0 Å². The normalized spacial score (nSPS) is 8.92. The summed E-state index contributed by atoms with van der Waals surface area (Å²) in [6, 6.07) is 8.59. The molecule has 0 bridgehead atoms. The van der Waals surface area contributed by atoms with Crippen LogP contribution in [0, 0.1) is 11.3 Å². The molecule has 0 heterocycles. The van der Waals surface area contributed by atoms with E-state index >= 15 is 0 Å². The number of para-hydroxylation sites is 1. The SMILES string of the molecule is N#Cc1ccccc1OCC(=O)Cl. The molecule has 0 N–H and O–H groups in total. The first-order valence-electron chi connectivity index (χ1n) is 3.54. The van der Waals surface area contributed by atoms with Crippen molar-refractivity contribution < 1.29 is 9.53 Å². The Kier molecular flexibility index (Phi) is 3.30. The van der Waals surface area contributed by atoms with E-state index in [9.17, 15) is 4.79 Å². The molecule has 0 spiro atoms. The fourth-order valence-electron chi connectivity index (χ4n) is 0.819. The van der Waals surface area contributed by atoms with Gasteiger partial charge in [0.25, 0.3) is 5.24 Å². The molecule has 0 aliphatic heterocycles. The minimum Gasteiger partial charge on any atom is -0.483 e. The van der Waals surface area contributed by atoms with Crippen LogP contribution in [0.25, 0.3) is 0 Å². The van der Waals surface area contributed by atoms with Crippen molar-refractivity contribution in [3.63, 3.8) is 0 Å². The Balaban J connectivity index is 2.77. The van der Waals surface area contributed by atoms with Crippen LogP contribution < -0.4 is 4.74 Å². The molecule has 13 heavy (non-hydrogen) atoms. The molecule has 0 saturated carbocycles. The lowest BCUT2D eigenvalue weighted by Crippen LogP contribution is -2.05. The van der Waals surface area contributed by atoms with Crippen LogP contribution in [-0.4, -0.2) is 11.8 Å². The summed E-state index contributed by atoms with van der Waals surface area (Å²) in [5.74, 6) is 0.374. The molecule has 4 heteroatoms. The highest BCUT2D eigenvalue weighted by Crippen LogP contribution is 2.16. The van der Waals surface area contributed by atoms with Crippen molar-refractivity contribution in [3.8, 4) is 11.8 Å². The van der Waals surface area contributed by atoms with Crippen molar-refractivity contribution in [2.75, 3.05) is 6.61 Å². The van der Waals surface area contributed by atoms with E-state index in [1.807, 2.05) is 6.07 Å². The van der Waals surface area contributed by atoms with Crippen molar-refractivity contribution >= 4 is 16.8 Å². The fourth-order valence-corrected chi connectivity index (χ4v) is 0.874. The van der Waals surface area contributed by atoms with Gasteiger partial charge in [-0.2, -0.15) is 5.26 Å². The largest absolute Gasteiger partial charge is 0.483 e. The quantitative estimate of drug-likeness (QED) is 0.690. The predicted molar refractivity (Wildman–Crippen MR) is 47.5 cm³/mol. The lowest BCUT2D eigenvalue weighted by atomic mass is 10.2. The summed E-state index contributed by atoms with van der Waals surface area (Å²) in [6.07, 6.45) is 0. The minimum atomic E-state index is -0.590. The summed E-state index contributed by atoms with van der Waals surface area (Å²) < 4.78 is 4.99. The summed E-state index contributed by atoms with van der Waals surface area (Å²) in [6.45, 7) is -0.222. The van der Waals surface area contributed by atoms with Crippen LogP contribution in [0.2, 0.25) is 0 Å². The highest BCUT2D eigenvalue weighted by Gasteiger charge is 2.03. The first-order valence-corrected chi connectivity index (χ1v) is 3.92. The molecule has 0 atom stereocenters. The van der Waals surface area contributed by atoms with E-state index in [0.29, 0.717) is 11.3 Å². The van der Waals surface area contributed by atoms with Crippen LogP contribution in [-0.2, 0) is 4.79 Å². The van der Waals surface area contributed by atoms with Crippen LogP contribution in [0.15, 0.2) is 24.3 Å². The molecule has 0 amide bonds. The minimum absolute atomic E-state index is 0.222. The standard InChI is InChI=1S/C9H6ClNO2/c10-9(12)6-13-8-4-2-1-3-7(8)5-11/h1-4H,6H2. The molecule has 0 unspecified atom stereocenters. The molecule has 0 aromatic heterocycles. The van der Waals surface area contributed by atoms with E-state index in [1.54, 1.807) is 24.3 Å². The molecule has 0 fully saturated rings. The Morgan fingerprint density at radius 1 is 1.54 bits per heavy atom. The molecule has 3 nitrogen and oxygen atoms in total. The second kappa shape index (κ2) is 4.48. The molecule has 1 rings (SSSR count). The Hall–Kier alpha value is -1.53. The molecule has 66 valence electrons. The van der Waals surface area contributed by atoms with Crippen LogP contribution in [0.5, 0.6) is 5.75 Å². The van der Waals surface area contributed by atoms with Crippen LogP contribution in [0.4, 0.5) is 0 Å². The molecule has 0 aliphatic carbocycles. The first kappa shape index (κ1) is 9.56. The number of nitrogens with zero attached hydrogens (tertiary/aromatic N) is 1. The van der Waals surface area contributed by atoms with Gasteiger partial charge in [-0.05, 0) is 23.7 Å². The van der Waals surface area contributed by atoms with Crippen LogP contribution in [0.3, 0.4) is 0 Å². The van der Waals surface area contributed by atoms with Gasteiger partial charge in [0.2, 0.25) is 0 Å². The topological polar surface area (TPSA) is 50.1 Å². The maximum absolute atomic E-state index is 10.4. The predicted octanol–water partition coefficient (Wildman–Crippen LogP) is 1.70. The smallest absolute Gasteiger partial charge is 0.259 e. The first-order chi connectivity index (χ1) is 6.24. The third-order valence-electron chi connectivity index (χ3n) is 1.35. The number of halogens is 1. The maximum Gasteiger partial charge on any atom is 0.259 e. The van der Waals surface area contributed by atoms with Gasteiger partial charge < -0.3 is 4.74 Å². The van der Waals surface area contributed by atoms with Gasteiger partial charge in [-0.1, -0.05) is 12.1 Å². The highest BCUT2D eigenvalue weighted by molar-refractivity contribution is 6.63. The molecule has 0 saturated heterocycles. The summed E-state index contributed by atoms with van der Waals surface area (Å²) in [7, 11) is 0. The maximum atomic E-state index is 10.4. The number of carbonyl (C=O) groups is 1. The zero-order chi connectivity index (χ0) is 9.68. The number of benzene rings is 1. The van der Waals surface area contributed by atoms with Gasteiger partial charge in [-0.15, -0.1) is 0 Å². The molecule has 1 aromatic carbocycles. The molecule has 1 aromatic rings. The van der Waals surface area contributed by atoms with E-state index < -0.39 is 5.24 Å². The number of rotatable bonds is 3. The fraction of sp³-hybridized carbons (Fsp3) is 0.111. The Morgan fingerprint density at radius 3 is 2.85 bits per heavy atom. The third-order valence-corrected chi connectivity index (χ3v) is 1.46. The number of ether oxygens (including phenoxy) is 1. The highest BCUT2D eigenvalue weighted by atomic mass is 35.5. The van der Waals surface area contributed by atoms with Crippen molar-refractivity contribution in [1.29, 1.82) is 5.26 Å². The summed E-state index contributed by atoms with van der Waals surface area (Å²) in [5.41, 5.74) is 0.389. The second-order valence-electron chi connectivity index (χ2n) is 2.25. The summed E-state index contributed by atoms with van der Waals surface area (Å²) >= 11 is 5.08. The number of carbonyl (C=O) groups excluding carboxylic acids is 1. The van der Waals surface area contributed by atoms with Crippen molar-refractivity contribution in [1.82, 2.24) is 0 Å². The summed E-state index contributed by atoms with van der Waals surface area (Å²) in [4.78, 5) is 10.4.